The SMILES string of the molecule is N#Cc1cccc(NCc2ccc(O)c(F)c2)n1. The van der Waals surface area contributed by atoms with Gasteiger partial charge in [0.2, 0.25) is 0 Å². The van der Waals surface area contributed by atoms with Crippen LogP contribution < -0.4 is 5.32 Å². The fourth-order valence-corrected chi connectivity index (χ4v) is 1.45. The Morgan fingerprint density at radius 3 is 2.89 bits per heavy atom. The molecule has 2 aromatic rings. The van der Waals surface area contributed by atoms with Crippen LogP contribution in [0.4, 0.5) is 10.2 Å². The summed E-state index contributed by atoms with van der Waals surface area (Å²) in [6.45, 7) is 0.360. The quantitative estimate of drug-likeness (QED) is 0.868. The van der Waals surface area contributed by atoms with Crippen LogP contribution in [0.5, 0.6) is 5.75 Å². The molecule has 18 heavy (non-hydrogen) atoms. The Balaban J connectivity index is 2.07. The Labute approximate surface area is 103 Å². The van der Waals surface area contributed by atoms with E-state index in [2.05, 4.69) is 10.3 Å². The zero-order valence-corrected chi connectivity index (χ0v) is 9.39. The summed E-state index contributed by atoms with van der Waals surface area (Å²) in [5.41, 5.74) is 0.992. The van der Waals surface area contributed by atoms with Crippen molar-refractivity contribution in [2.24, 2.45) is 0 Å². The molecule has 1 aromatic heterocycles. The molecule has 0 fully saturated rings. The average Bonchev–Trinajstić information content (AvgIpc) is 2.40. The second-order valence-corrected chi connectivity index (χ2v) is 3.66. The molecule has 0 aliphatic rings. The molecular formula is C13H10FN3O. The number of hydrogen-bond acceptors (Lipinski definition) is 4. The van der Waals surface area contributed by atoms with Gasteiger partial charge in [0.25, 0.3) is 0 Å². The van der Waals surface area contributed by atoms with Crippen LogP contribution >= 0.6 is 0 Å². The van der Waals surface area contributed by atoms with E-state index in [0.29, 0.717) is 23.6 Å². The van der Waals surface area contributed by atoms with Crippen LogP contribution in [0.1, 0.15) is 11.3 Å². The van der Waals surface area contributed by atoms with E-state index in [9.17, 15) is 4.39 Å². The van der Waals surface area contributed by atoms with E-state index in [0.717, 1.165) is 0 Å². The minimum Gasteiger partial charge on any atom is -0.505 e. The van der Waals surface area contributed by atoms with Crippen molar-refractivity contribution in [3.05, 3.63) is 53.5 Å². The number of hydrogen-bond donors (Lipinski definition) is 2. The number of nitrogens with zero attached hydrogens (tertiary/aromatic N) is 2. The molecule has 2 N–H and O–H groups in total. The number of rotatable bonds is 3. The summed E-state index contributed by atoms with van der Waals surface area (Å²) in [5.74, 6) is -0.487. The summed E-state index contributed by atoms with van der Waals surface area (Å²) in [5, 5.41) is 20.7. The smallest absolute Gasteiger partial charge is 0.165 e. The summed E-state index contributed by atoms with van der Waals surface area (Å²) in [7, 11) is 0. The first kappa shape index (κ1) is 11.9. The number of nitrogens with one attached hydrogen (secondary N) is 1. The predicted octanol–water partition coefficient (Wildman–Crippen LogP) is 2.41. The zero-order chi connectivity index (χ0) is 13.0. The van der Waals surface area contributed by atoms with E-state index < -0.39 is 5.82 Å². The summed E-state index contributed by atoms with van der Waals surface area (Å²) >= 11 is 0. The van der Waals surface area contributed by atoms with Gasteiger partial charge in [-0.1, -0.05) is 12.1 Å². The van der Waals surface area contributed by atoms with Crippen molar-refractivity contribution in [3.8, 4) is 11.8 Å². The third kappa shape index (κ3) is 2.74. The summed E-state index contributed by atoms with van der Waals surface area (Å²) < 4.78 is 13.1. The highest BCUT2D eigenvalue weighted by Gasteiger charge is 2.02. The molecule has 1 aromatic carbocycles. The Kier molecular flexibility index (Phi) is 3.39. The van der Waals surface area contributed by atoms with Crippen molar-refractivity contribution in [2.45, 2.75) is 6.54 Å². The lowest BCUT2D eigenvalue weighted by molar-refractivity contribution is 0.432. The average molecular weight is 243 g/mol. The van der Waals surface area contributed by atoms with Gasteiger partial charge in [-0.3, -0.25) is 0 Å². The normalized spacial score (nSPS) is 9.78. The Hall–Kier alpha value is -2.61. The zero-order valence-electron chi connectivity index (χ0n) is 9.39. The molecule has 0 atom stereocenters. The third-order valence-electron chi connectivity index (χ3n) is 2.35. The molecule has 0 aliphatic carbocycles. The number of aromatic nitrogens is 1. The maximum atomic E-state index is 13.1. The predicted molar refractivity (Wildman–Crippen MR) is 64.3 cm³/mol. The Bertz CT molecular complexity index is 607. The van der Waals surface area contributed by atoms with E-state index in [1.165, 1.54) is 12.1 Å². The van der Waals surface area contributed by atoms with Crippen LogP contribution in [-0.2, 0) is 6.54 Å². The number of benzene rings is 1. The summed E-state index contributed by atoms with van der Waals surface area (Å²) in [4.78, 5) is 4.03. The van der Waals surface area contributed by atoms with Crippen molar-refractivity contribution in [1.82, 2.24) is 4.98 Å². The number of anilines is 1. The van der Waals surface area contributed by atoms with Gasteiger partial charge in [-0.25, -0.2) is 9.37 Å². The molecule has 0 amide bonds. The van der Waals surface area contributed by atoms with Gasteiger partial charge in [-0.05, 0) is 29.8 Å². The Morgan fingerprint density at radius 2 is 2.17 bits per heavy atom. The molecule has 4 nitrogen and oxygen atoms in total. The minimum absolute atomic E-state index is 0.317. The lowest BCUT2D eigenvalue weighted by Crippen LogP contribution is -2.02. The fourth-order valence-electron chi connectivity index (χ4n) is 1.45. The molecule has 90 valence electrons. The van der Waals surface area contributed by atoms with Gasteiger partial charge >= 0.3 is 0 Å². The lowest BCUT2D eigenvalue weighted by Gasteiger charge is -2.06. The second-order valence-electron chi connectivity index (χ2n) is 3.66. The molecule has 0 aliphatic heterocycles. The number of halogens is 1. The maximum Gasteiger partial charge on any atom is 0.165 e. The number of pyridine rings is 1. The molecule has 0 unspecified atom stereocenters. The molecule has 0 spiro atoms. The maximum absolute atomic E-state index is 13.1. The van der Waals surface area contributed by atoms with Gasteiger partial charge in [0.1, 0.15) is 17.6 Å². The lowest BCUT2D eigenvalue weighted by atomic mass is 10.2. The van der Waals surface area contributed by atoms with Crippen LogP contribution in [0.15, 0.2) is 36.4 Å². The number of aromatic hydroxyl groups is 1. The standard InChI is InChI=1S/C13H10FN3O/c14-11-6-9(4-5-12(11)18)8-16-13-3-1-2-10(7-15)17-13/h1-6,18H,8H2,(H,16,17). The molecule has 0 saturated carbocycles. The Morgan fingerprint density at radius 1 is 1.33 bits per heavy atom. The molecule has 0 bridgehead atoms. The molecule has 2 rings (SSSR count). The van der Waals surface area contributed by atoms with Crippen LogP contribution in [0.25, 0.3) is 0 Å². The minimum atomic E-state index is -0.659. The molecule has 0 saturated heterocycles. The highest BCUT2D eigenvalue weighted by atomic mass is 19.1. The summed E-state index contributed by atoms with van der Waals surface area (Å²) in [6.07, 6.45) is 0. The van der Waals surface area contributed by atoms with Crippen LogP contribution in [0.3, 0.4) is 0 Å². The van der Waals surface area contributed by atoms with Gasteiger partial charge in [-0.2, -0.15) is 5.26 Å². The van der Waals surface area contributed by atoms with Crippen molar-refractivity contribution < 1.29 is 9.50 Å². The highest BCUT2D eigenvalue weighted by molar-refractivity contribution is 5.39. The van der Waals surface area contributed by atoms with E-state index >= 15 is 0 Å². The van der Waals surface area contributed by atoms with E-state index in [4.69, 9.17) is 10.4 Å². The number of phenolic OH excluding ortho intramolecular Hbond substituents is 1. The fraction of sp³-hybridized carbons (Fsp3) is 0.0769. The van der Waals surface area contributed by atoms with Gasteiger partial charge in [0.05, 0.1) is 0 Å². The monoisotopic (exact) mass is 243 g/mol. The first-order valence-electron chi connectivity index (χ1n) is 5.27. The van der Waals surface area contributed by atoms with Gasteiger partial charge < -0.3 is 10.4 Å². The second kappa shape index (κ2) is 5.15. The number of nitriles is 1. The molecular weight excluding hydrogens is 233 g/mol. The van der Waals surface area contributed by atoms with Crippen LogP contribution in [-0.4, -0.2) is 10.1 Å². The van der Waals surface area contributed by atoms with Crippen LogP contribution in [0.2, 0.25) is 0 Å². The first-order chi connectivity index (χ1) is 8.69. The van der Waals surface area contributed by atoms with Gasteiger partial charge in [0, 0.05) is 6.54 Å². The first-order valence-corrected chi connectivity index (χ1v) is 5.27. The van der Waals surface area contributed by atoms with Crippen molar-refractivity contribution in [2.75, 3.05) is 5.32 Å². The van der Waals surface area contributed by atoms with Gasteiger partial charge in [0.15, 0.2) is 11.6 Å². The van der Waals surface area contributed by atoms with Crippen molar-refractivity contribution >= 4 is 5.82 Å². The highest BCUT2D eigenvalue weighted by Crippen LogP contribution is 2.16. The van der Waals surface area contributed by atoms with E-state index in [1.54, 1.807) is 24.3 Å². The largest absolute Gasteiger partial charge is 0.505 e. The van der Waals surface area contributed by atoms with E-state index in [1.807, 2.05) is 6.07 Å². The van der Waals surface area contributed by atoms with Crippen molar-refractivity contribution in [1.29, 1.82) is 5.26 Å². The van der Waals surface area contributed by atoms with E-state index in [-0.39, 0.29) is 5.75 Å². The third-order valence-corrected chi connectivity index (χ3v) is 2.35. The molecule has 5 heteroatoms. The molecule has 0 radical (unpaired) electrons. The number of phenols is 1. The molecule has 1 heterocycles. The van der Waals surface area contributed by atoms with Gasteiger partial charge in [-0.15, -0.1) is 0 Å². The van der Waals surface area contributed by atoms with Crippen molar-refractivity contribution in [3.63, 3.8) is 0 Å². The topological polar surface area (TPSA) is 68.9 Å². The summed E-state index contributed by atoms with van der Waals surface area (Å²) in [6, 6.07) is 11.1. The van der Waals surface area contributed by atoms with Crippen LogP contribution in [0, 0.1) is 17.1 Å².